The van der Waals surface area contributed by atoms with Crippen molar-refractivity contribution >= 4 is 43.3 Å². The van der Waals surface area contributed by atoms with Crippen LogP contribution in [0.1, 0.15) is 142 Å². The van der Waals surface area contributed by atoms with Gasteiger partial charge in [0, 0.05) is 0 Å². The summed E-state index contributed by atoms with van der Waals surface area (Å²) in [7, 11) is 1.47. The summed E-state index contributed by atoms with van der Waals surface area (Å²) < 4.78 is 34.1. The summed E-state index contributed by atoms with van der Waals surface area (Å²) >= 11 is 3.05. The molecule has 0 saturated heterocycles. The van der Waals surface area contributed by atoms with Crippen molar-refractivity contribution in [1.82, 2.24) is 0 Å². The van der Waals surface area contributed by atoms with Crippen LogP contribution < -0.4 is 0 Å². The zero-order valence-corrected chi connectivity index (χ0v) is 33.9. The van der Waals surface area contributed by atoms with Crippen molar-refractivity contribution in [3.8, 4) is 0 Å². The highest BCUT2D eigenvalue weighted by Crippen LogP contribution is 2.43. The van der Waals surface area contributed by atoms with Gasteiger partial charge in [0.15, 0.2) is 6.10 Å². The Labute approximate surface area is 303 Å². The van der Waals surface area contributed by atoms with E-state index in [0.29, 0.717) is 11.0 Å². The Morgan fingerprint density at radius 1 is 0.625 bits per heavy atom. The highest BCUT2D eigenvalue weighted by atomic mass is 32.2. The summed E-state index contributed by atoms with van der Waals surface area (Å²) in [5, 5.41) is 0. The van der Waals surface area contributed by atoms with E-state index in [0.717, 1.165) is 30.8 Å². The first kappa shape index (κ1) is 47.7. The van der Waals surface area contributed by atoms with Crippen LogP contribution in [0, 0.1) is 0 Å². The topological polar surface area (TPSA) is 108 Å². The fourth-order valence-electron chi connectivity index (χ4n) is 4.90. The maximum absolute atomic E-state index is 12.6. The lowest BCUT2D eigenvalue weighted by Crippen LogP contribution is -2.37. The van der Waals surface area contributed by atoms with E-state index < -0.39 is 32.5 Å². The third kappa shape index (κ3) is 35.5. The predicted octanol–water partition coefficient (Wildman–Crippen LogP) is 9.59. The number of nitrogens with zero attached hydrogens (tertiary/aromatic N) is 1. The lowest BCUT2D eigenvalue weighted by Gasteiger charge is -2.24. The molecule has 0 heterocycles. The molecule has 12 heteroatoms. The van der Waals surface area contributed by atoms with E-state index in [9.17, 15) is 19.0 Å². The van der Waals surface area contributed by atoms with Crippen molar-refractivity contribution in [2.45, 2.75) is 148 Å². The lowest BCUT2D eigenvalue weighted by atomic mass is 10.1. The largest absolute Gasteiger partial charge is 0.472 e. The van der Waals surface area contributed by atoms with Crippen LogP contribution in [0.4, 0.5) is 0 Å². The van der Waals surface area contributed by atoms with Gasteiger partial charge in [0.1, 0.15) is 19.8 Å². The molecule has 0 aromatic heterocycles. The maximum atomic E-state index is 12.6. The van der Waals surface area contributed by atoms with Crippen LogP contribution in [0.5, 0.6) is 0 Å². The number of likely N-dealkylation sites (N-methyl/N-ethyl adjacent to an activating group) is 1. The number of carbonyl (C=O) groups is 2. The van der Waals surface area contributed by atoms with Gasteiger partial charge in [0.05, 0.1) is 39.3 Å². The van der Waals surface area contributed by atoms with Crippen LogP contribution >= 0.6 is 31.3 Å². The van der Waals surface area contributed by atoms with Crippen LogP contribution in [-0.2, 0) is 32.7 Å². The molecule has 0 rings (SSSR count). The zero-order chi connectivity index (χ0) is 35.8. The fraction of sp³-hybridized carbons (Fsp3) is 0.944. The normalized spacial score (nSPS) is 13.7. The van der Waals surface area contributed by atoms with E-state index in [1.165, 1.54) is 133 Å². The van der Waals surface area contributed by atoms with Gasteiger partial charge >= 0.3 is 19.8 Å². The molecule has 0 aromatic rings. The number of quaternary nitrogens is 1. The minimum absolute atomic E-state index is 0.0303. The molecule has 0 aliphatic carbocycles. The molecule has 48 heavy (non-hydrogen) atoms. The van der Waals surface area contributed by atoms with Crippen LogP contribution in [0.2, 0.25) is 0 Å². The van der Waals surface area contributed by atoms with Gasteiger partial charge in [-0.1, -0.05) is 129 Å². The number of phosphoric acid groups is 1. The van der Waals surface area contributed by atoms with Crippen LogP contribution in [-0.4, -0.2) is 97.9 Å². The van der Waals surface area contributed by atoms with Crippen LogP contribution in [0.15, 0.2) is 0 Å². The average molecular weight is 743 g/mol. The van der Waals surface area contributed by atoms with Crippen molar-refractivity contribution in [1.29, 1.82) is 0 Å². The van der Waals surface area contributed by atoms with Crippen molar-refractivity contribution in [2.75, 3.05) is 70.5 Å². The Balaban J connectivity index is 4.40. The van der Waals surface area contributed by atoms with Crippen LogP contribution in [0.3, 0.4) is 0 Å². The summed E-state index contributed by atoms with van der Waals surface area (Å²) in [6.45, 7) is 4.37. The Hall–Kier alpha value is -0.290. The monoisotopic (exact) mass is 742 g/mol. The molecule has 0 aromatic carbocycles. The van der Waals surface area contributed by atoms with Crippen molar-refractivity contribution in [3.63, 3.8) is 0 Å². The molecule has 0 aliphatic heterocycles. The molecule has 9 nitrogen and oxygen atoms in total. The zero-order valence-electron chi connectivity index (χ0n) is 31.4. The van der Waals surface area contributed by atoms with Crippen molar-refractivity contribution in [2.24, 2.45) is 0 Å². The molecule has 0 amide bonds. The molecule has 0 saturated carbocycles. The Morgan fingerprint density at radius 2 is 1.04 bits per heavy atom. The number of unbranched alkanes of at least 4 members (excludes halogenated alkanes) is 18. The first-order chi connectivity index (χ1) is 23.0. The molecular weight excluding hydrogens is 670 g/mol. The first-order valence-electron chi connectivity index (χ1n) is 18.9. The van der Waals surface area contributed by atoms with Gasteiger partial charge in [-0.2, -0.15) is 23.5 Å². The number of rotatable bonds is 36. The third-order valence-corrected chi connectivity index (χ3v) is 10.9. The quantitative estimate of drug-likeness (QED) is 0.0289. The number of ether oxygens (including phenoxy) is 2. The number of hydrogen-bond acceptors (Lipinski definition) is 9. The first-order valence-corrected chi connectivity index (χ1v) is 22.7. The van der Waals surface area contributed by atoms with Crippen molar-refractivity contribution < 1.29 is 42.1 Å². The van der Waals surface area contributed by atoms with Crippen LogP contribution in [0.25, 0.3) is 0 Å². The minimum Gasteiger partial charge on any atom is -0.461 e. The lowest BCUT2D eigenvalue weighted by molar-refractivity contribution is -0.870. The predicted molar refractivity (Wildman–Crippen MR) is 204 cm³/mol. The summed E-state index contributed by atoms with van der Waals surface area (Å²) in [5.74, 6) is 1.25. The molecule has 0 bridgehead atoms. The molecule has 0 radical (unpaired) electrons. The number of carbonyl (C=O) groups excluding carboxylic acids is 2. The number of phosphoric ester groups is 1. The Morgan fingerprint density at radius 3 is 1.48 bits per heavy atom. The van der Waals surface area contributed by atoms with Gasteiger partial charge in [-0.15, -0.1) is 0 Å². The molecule has 0 spiro atoms. The molecule has 0 aliphatic rings. The Bertz CT molecular complexity index is 815. The van der Waals surface area contributed by atoms with Crippen molar-refractivity contribution in [3.05, 3.63) is 0 Å². The minimum atomic E-state index is -4.37. The summed E-state index contributed by atoms with van der Waals surface area (Å²) in [6.07, 6.45) is 24.3. The van der Waals surface area contributed by atoms with E-state index in [2.05, 4.69) is 13.8 Å². The van der Waals surface area contributed by atoms with E-state index in [-0.39, 0.29) is 24.7 Å². The summed E-state index contributed by atoms with van der Waals surface area (Å²) in [4.78, 5) is 35.1. The second-order valence-electron chi connectivity index (χ2n) is 13.9. The summed E-state index contributed by atoms with van der Waals surface area (Å²) in [6, 6.07) is 0. The van der Waals surface area contributed by atoms with E-state index in [4.69, 9.17) is 18.5 Å². The number of esters is 2. The SMILES string of the molecule is CCCCCCCCCCCCSCC(=O)OC[C@H](COP(=O)(O)OCC[N+](C)(C)C)OC(=O)CSCCCCCCCCCCCC. The highest BCUT2D eigenvalue weighted by Gasteiger charge is 2.27. The van der Waals surface area contributed by atoms with Gasteiger partial charge in [-0.05, 0) is 24.3 Å². The smallest absolute Gasteiger partial charge is 0.461 e. The average Bonchev–Trinajstić information content (AvgIpc) is 3.02. The molecule has 1 unspecified atom stereocenters. The highest BCUT2D eigenvalue weighted by molar-refractivity contribution is 8.00. The standard InChI is InChI=1S/C36H72NO8PS2/c1-6-8-10-12-14-16-18-20-22-24-28-47-32-35(38)42-30-34(31-44-46(40,41)43-27-26-37(3,4)5)45-36(39)33-48-29-25-23-21-19-17-15-13-11-9-7-2/h34H,6-33H2,1-5H3/p+1/t34-/m1/s1. The van der Waals surface area contributed by atoms with Gasteiger partial charge in [-0.25, -0.2) is 4.57 Å². The van der Waals surface area contributed by atoms with Gasteiger partial charge in [-0.3, -0.25) is 18.6 Å². The van der Waals surface area contributed by atoms with E-state index in [1.807, 2.05) is 21.1 Å². The molecule has 286 valence electrons. The van der Waals surface area contributed by atoms with E-state index in [1.54, 1.807) is 0 Å². The molecular formula is C36H73NO8PS2+. The second kappa shape index (κ2) is 32.6. The van der Waals surface area contributed by atoms with Gasteiger partial charge in [0.25, 0.3) is 0 Å². The van der Waals surface area contributed by atoms with Gasteiger partial charge < -0.3 is 18.9 Å². The van der Waals surface area contributed by atoms with E-state index >= 15 is 0 Å². The molecule has 2 atom stereocenters. The Kier molecular flexibility index (Phi) is 32.4. The number of thioether (sulfide) groups is 2. The second-order valence-corrected chi connectivity index (χ2v) is 17.5. The third-order valence-electron chi connectivity index (χ3n) is 7.89. The maximum Gasteiger partial charge on any atom is 0.472 e. The molecule has 1 N–H and O–H groups in total. The van der Waals surface area contributed by atoms with Gasteiger partial charge in [0.2, 0.25) is 0 Å². The fourth-order valence-corrected chi connectivity index (χ4v) is 7.23. The number of hydrogen-bond donors (Lipinski definition) is 1. The molecule has 0 fully saturated rings. The summed E-state index contributed by atoms with van der Waals surface area (Å²) in [5.41, 5.74) is 0.